The van der Waals surface area contributed by atoms with Crippen LogP contribution in [0.1, 0.15) is 32.8 Å². The SMILES string of the molecule is CCC(N=C(c1cc(OC)c(OC)cc1N)C(C)C)C(F)(F)F. The van der Waals surface area contributed by atoms with Crippen LogP contribution in [0.4, 0.5) is 18.9 Å². The molecule has 0 saturated heterocycles. The van der Waals surface area contributed by atoms with E-state index in [1.807, 2.05) is 0 Å². The highest BCUT2D eigenvalue weighted by Crippen LogP contribution is 2.34. The van der Waals surface area contributed by atoms with E-state index in [1.54, 1.807) is 19.9 Å². The third kappa shape index (κ3) is 4.53. The zero-order valence-electron chi connectivity index (χ0n) is 14.0. The number of aliphatic imine (C=N–C) groups is 1. The number of hydrogen-bond acceptors (Lipinski definition) is 4. The lowest BCUT2D eigenvalue weighted by molar-refractivity contribution is -0.147. The molecular formula is C16H23F3N2O2. The van der Waals surface area contributed by atoms with Crippen molar-refractivity contribution in [3.05, 3.63) is 17.7 Å². The molecule has 0 aliphatic rings. The van der Waals surface area contributed by atoms with Crippen LogP contribution >= 0.6 is 0 Å². The van der Waals surface area contributed by atoms with Crippen LogP contribution in [-0.2, 0) is 0 Å². The molecule has 0 fully saturated rings. The number of nitrogens with zero attached hydrogens (tertiary/aromatic N) is 1. The second-order valence-corrected chi connectivity index (χ2v) is 5.43. The molecule has 0 aliphatic carbocycles. The highest BCUT2D eigenvalue weighted by molar-refractivity contribution is 6.06. The van der Waals surface area contributed by atoms with Crippen LogP contribution in [0.2, 0.25) is 0 Å². The van der Waals surface area contributed by atoms with Gasteiger partial charge in [0, 0.05) is 23.0 Å². The third-order valence-electron chi connectivity index (χ3n) is 3.44. The maximum atomic E-state index is 13.0. The monoisotopic (exact) mass is 332 g/mol. The first-order valence-electron chi connectivity index (χ1n) is 7.31. The molecular weight excluding hydrogens is 309 g/mol. The summed E-state index contributed by atoms with van der Waals surface area (Å²) in [6.45, 7) is 5.01. The zero-order valence-corrected chi connectivity index (χ0v) is 14.0. The fourth-order valence-electron chi connectivity index (χ4n) is 2.21. The Labute approximate surface area is 134 Å². The molecule has 4 nitrogen and oxygen atoms in total. The van der Waals surface area contributed by atoms with E-state index in [0.717, 1.165) is 0 Å². The summed E-state index contributed by atoms with van der Waals surface area (Å²) in [6, 6.07) is 1.34. The molecule has 0 radical (unpaired) electrons. The highest BCUT2D eigenvalue weighted by atomic mass is 19.4. The maximum absolute atomic E-state index is 13.0. The molecule has 1 aromatic carbocycles. The van der Waals surface area contributed by atoms with Gasteiger partial charge in [0.1, 0.15) is 6.04 Å². The van der Waals surface area contributed by atoms with Crippen LogP contribution in [0.15, 0.2) is 17.1 Å². The zero-order chi connectivity index (χ0) is 17.8. The Bertz CT molecular complexity index is 569. The Hall–Kier alpha value is -1.92. The van der Waals surface area contributed by atoms with Crippen molar-refractivity contribution >= 4 is 11.4 Å². The lowest BCUT2D eigenvalue weighted by Gasteiger charge is -2.20. The maximum Gasteiger partial charge on any atom is 0.410 e. The van der Waals surface area contributed by atoms with Gasteiger partial charge in [0.05, 0.1) is 14.2 Å². The molecule has 1 aromatic rings. The van der Waals surface area contributed by atoms with Crippen LogP contribution in [0.25, 0.3) is 0 Å². The molecule has 23 heavy (non-hydrogen) atoms. The van der Waals surface area contributed by atoms with Crippen molar-refractivity contribution in [2.45, 2.75) is 39.4 Å². The Morgan fingerprint density at radius 1 is 1.17 bits per heavy atom. The number of anilines is 1. The number of rotatable bonds is 6. The van der Waals surface area contributed by atoms with Crippen LogP contribution in [0.3, 0.4) is 0 Å². The highest BCUT2D eigenvalue weighted by Gasteiger charge is 2.38. The first kappa shape index (κ1) is 19.1. The van der Waals surface area contributed by atoms with Crippen LogP contribution in [0.5, 0.6) is 11.5 Å². The van der Waals surface area contributed by atoms with Gasteiger partial charge in [-0.05, 0) is 18.4 Å². The average Bonchev–Trinajstić information content (AvgIpc) is 2.46. The fraction of sp³-hybridized carbons (Fsp3) is 0.562. The Kier molecular flexibility index (Phi) is 6.29. The summed E-state index contributed by atoms with van der Waals surface area (Å²) < 4.78 is 49.5. The first-order chi connectivity index (χ1) is 10.6. The van der Waals surface area contributed by atoms with Crippen molar-refractivity contribution in [2.75, 3.05) is 20.0 Å². The number of nitrogen functional groups attached to an aromatic ring is 1. The minimum Gasteiger partial charge on any atom is -0.493 e. The molecule has 0 bridgehead atoms. The van der Waals surface area contributed by atoms with Gasteiger partial charge in [0.25, 0.3) is 0 Å². The summed E-state index contributed by atoms with van der Waals surface area (Å²) in [4.78, 5) is 3.94. The Morgan fingerprint density at radius 2 is 1.70 bits per heavy atom. The second-order valence-electron chi connectivity index (χ2n) is 5.43. The lowest BCUT2D eigenvalue weighted by atomic mass is 9.97. The molecule has 0 spiro atoms. The molecule has 0 aromatic heterocycles. The normalized spacial score (nSPS) is 14.0. The molecule has 1 unspecified atom stereocenters. The van der Waals surface area contributed by atoms with Crippen molar-refractivity contribution in [1.82, 2.24) is 0 Å². The topological polar surface area (TPSA) is 56.8 Å². The van der Waals surface area contributed by atoms with Gasteiger partial charge in [-0.15, -0.1) is 0 Å². The third-order valence-corrected chi connectivity index (χ3v) is 3.44. The van der Waals surface area contributed by atoms with Crippen molar-refractivity contribution < 1.29 is 22.6 Å². The second kappa shape index (κ2) is 7.57. The molecule has 1 atom stereocenters. The van der Waals surface area contributed by atoms with Gasteiger partial charge in [-0.1, -0.05) is 20.8 Å². The van der Waals surface area contributed by atoms with E-state index in [4.69, 9.17) is 15.2 Å². The predicted octanol–water partition coefficient (Wildman–Crippen LogP) is 4.07. The first-order valence-corrected chi connectivity index (χ1v) is 7.31. The van der Waals surface area contributed by atoms with E-state index in [2.05, 4.69) is 4.99 Å². The van der Waals surface area contributed by atoms with Crippen molar-refractivity contribution in [3.63, 3.8) is 0 Å². The van der Waals surface area contributed by atoms with Gasteiger partial charge >= 0.3 is 6.18 Å². The Morgan fingerprint density at radius 3 is 2.09 bits per heavy atom. The van der Waals surface area contributed by atoms with E-state index in [-0.39, 0.29) is 12.3 Å². The van der Waals surface area contributed by atoms with E-state index in [9.17, 15) is 13.2 Å². The summed E-state index contributed by atoms with van der Waals surface area (Å²) in [7, 11) is 2.92. The van der Waals surface area contributed by atoms with E-state index < -0.39 is 12.2 Å². The van der Waals surface area contributed by atoms with E-state index in [1.165, 1.54) is 27.2 Å². The summed E-state index contributed by atoms with van der Waals surface area (Å²) in [6.07, 6.45) is -4.52. The van der Waals surface area contributed by atoms with Gasteiger partial charge < -0.3 is 15.2 Å². The van der Waals surface area contributed by atoms with Gasteiger partial charge in [0.2, 0.25) is 0 Å². The summed E-state index contributed by atoms with van der Waals surface area (Å²) in [5, 5.41) is 0. The van der Waals surface area contributed by atoms with Crippen LogP contribution < -0.4 is 15.2 Å². The van der Waals surface area contributed by atoms with Gasteiger partial charge in [-0.2, -0.15) is 13.2 Å². The smallest absolute Gasteiger partial charge is 0.410 e. The minimum absolute atomic E-state index is 0.132. The average molecular weight is 332 g/mol. The number of halogens is 3. The van der Waals surface area contributed by atoms with Gasteiger partial charge in [-0.25, -0.2) is 0 Å². The van der Waals surface area contributed by atoms with Crippen molar-refractivity contribution in [1.29, 1.82) is 0 Å². The molecule has 1 rings (SSSR count). The van der Waals surface area contributed by atoms with Gasteiger partial charge in [0.15, 0.2) is 11.5 Å². The quantitative estimate of drug-likeness (QED) is 0.631. The molecule has 2 N–H and O–H groups in total. The van der Waals surface area contributed by atoms with E-state index in [0.29, 0.717) is 28.5 Å². The largest absolute Gasteiger partial charge is 0.493 e. The number of alkyl halides is 3. The number of nitrogens with two attached hydrogens (primary N) is 1. The van der Waals surface area contributed by atoms with Crippen molar-refractivity contribution in [2.24, 2.45) is 10.9 Å². The molecule has 7 heteroatoms. The summed E-state index contributed by atoms with van der Waals surface area (Å²) in [5.41, 5.74) is 7.02. The lowest BCUT2D eigenvalue weighted by Crippen LogP contribution is -2.29. The predicted molar refractivity (Wildman–Crippen MR) is 85.5 cm³/mol. The molecule has 0 saturated carbocycles. The minimum atomic E-state index is -4.39. The standard InChI is InChI=1S/C16H23F3N2O2/c1-6-14(16(17,18)19)21-15(9(2)3)10-7-12(22-4)13(23-5)8-11(10)20/h7-9,14H,6,20H2,1-5H3. The number of hydrogen-bond donors (Lipinski definition) is 1. The van der Waals surface area contributed by atoms with Gasteiger partial charge in [-0.3, -0.25) is 4.99 Å². The van der Waals surface area contributed by atoms with Crippen molar-refractivity contribution in [3.8, 4) is 11.5 Å². The summed E-state index contributed by atoms with van der Waals surface area (Å²) >= 11 is 0. The van der Waals surface area contributed by atoms with Crippen LogP contribution in [0, 0.1) is 5.92 Å². The number of benzene rings is 1. The number of ether oxygens (including phenoxy) is 2. The molecule has 0 heterocycles. The van der Waals surface area contributed by atoms with E-state index >= 15 is 0 Å². The Balaban J connectivity index is 3.47. The number of methoxy groups -OCH3 is 2. The van der Waals surface area contributed by atoms with Crippen LogP contribution in [-0.4, -0.2) is 32.1 Å². The summed E-state index contributed by atoms with van der Waals surface area (Å²) in [5.74, 6) is 0.580. The molecule has 0 amide bonds. The fourth-order valence-corrected chi connectivity index (χ4v) is 2.21. The molecule has 0 aliphatic heterocycles. The molecule has 130 valence electrons.